The first-order valence-corrected chi connectivity index (χ1v) is 6.89. The summed E-state index contributed by atoms with van der Waals surface area (Å²) in [5, 5.41) is 0. The van der Waals surface area contributed by atoms with Crippen molar-refractivity contribution >= 4 is 17.9 Å². The molecule has 1 atom stereocenters. The van der Waals surface area contributed by atoms with E-state index in [0.717, 1.165) is 19.4 Å². The molecule has 0 radical (unpaired) electrons. The van der Waals surface area contributed by atoms with Gasteiger partial charge in [0.1, 0.15) is 11.4 Å². The molecule has 114 valence electrons. The molecule has 1 spiro atoms. The fourth-order valence-corrected chi connectivity index (χ4v) is 2.99. The Labute approximate surface area is 122 Å². The molecule has 8 heteroatoms. The number of methoxy groups -OCH3 is 1. The molecule has 3 rings (SSSR count). The highest BCUT2D eigenvalue weighted by atomic mass is 16.6. The number of nitrogens with zero attached hydrogens (tertiary/aromatic N) is 4. The minimum Gasteiger partial charge on any atom is -0.481 e. The van der Waals surface area contributed by atoms with Crippen LogP contribution in [0.4, 0.5) is 16.6 Å². The van der Waals surface area contributed by atoms with Gasteiger partial charge in [-0.15, -0.1) is 0 Å². The van der Waals surface area contributed by atoms with Gasteiger partial charge in [-0.1, -0.05) is 0 Å². The fourth-order valence-electron chi connectivity index (χ4n) is 2.99. The molecule has 0 aromatic carbocycles. The number of carbonyl (C=O) groups is 1. The van der Waals surface area contributed by atoms with E-state index in [2.05, 4.69) is 14.9 Å². The van der Waals surface area contributed by atoms with Crippen LogP contribution in [-0.4, -0.2) is 60.4 Å². The predicted octanol–water partition coefficient (Wildman–Crippen LogP) is 0.488. The molecule has 1 aromatic heterocycles. The molecule has 2 fully saturated rings. The van der Waals surface area contributed by atoms with E-state index in [9.17, 15) is 4.79 Å². The van der Waals surface area contributed by atoms with E-state index >= 15 is 0 Å². The van der Waals surface area contributed by atoms with Crippen LogP contribution >= 0.6 is 0 Å². The summed E-state index contributed by atoms with van der Waals surface area (Å²) in [6.07, 6.45) is 1.52. The van der Waals surface area contributed by atoms with E-state index in [1.165, 1.54) is 7.11 Å². The maximum Gasteiger partial charge on any atom is 0.410 e. The highest BCUT2D eigenvalue weighted by Crippen LogP contribution is 2.33. The van der Waals surface area contributed by atoms with E-state index in [-0.39, 0.29) is 12.0 Å². The van der Waals surface area contributed by atoms with Crippen LogP contribution in [0, 0.1) is 0 Å². The summed E-state index contributed by atoms with van der Waals surface area (Å²) in [6.45, 7) is 2.03. The quantitative estimate of drug-likeness (QED) is 0.848. The second-order valence-corrected chi connectivity index (χ2v) is 5.56. The number of ether oxygens (including phenoxy) is 2. The minimum atomic E-state index is -0.461. The van der Waals surface area contributed by atoms with Gasteiger partial charge in [-0.05, 0) is 12.8 Å². The lowest BCUT2D eigenvalue weighted by Gasteiger charge is -2.38. The molecule has 8 nitrogen and oxygen atoms in total. The number of hydrogen-bond acceptors (Lipinski definition) is 7. The van der Waals surface area contributed by atoms with E-state index in [0.29, 0.717) is 24.8 Å². The maximum absolute atomic E-state index is 11.7. The molecule has 2 aliphatic rings. The average molecular weight is 293 g/mol. The van der Waals surface area contributed by atoms with Crippen LogP contribution in [0.1, 0.15) is 12.8 Å². The van der Waals surface area contributed by atoms with Gasteiger partial charge < -0.3 is 25.0 Å². The van der Waals surface area contributed by atoms with Crippen LogP contribution in [0.5, 0.6) is 5.88 Å². The Hall–Kier alpha value is -2.25. The minimum absolute atomic E-state index is 0.171. The van der Waals surface area contributed by atoms with Crippen molar-refractivity contribution in [3.8, 4) is 5.88 Å². The van der Waals surface area contributed by atoms with Crippen molar-refractivity contribution in [3.63, 3.8) is 0 Å². The molecule has 2 saturated heterocycles. The number of hydrogen-bond donors (Lipinski definition) is 1. The largest absolute Gasteiger partial charge is 0.481 e. The van der Waals surface area contributed by atoms with Crippen molar-refractivity contribution in [3.05, 3.63) is 6.07 Å². The molecule has 3 heterocycles. The number of aromatic nitrogens is 2. The van der Waals surface area contributed by atoms with Crippen LogP contribution < -0.4 is 15.4 Å². The topological polar surface area (TPSA) is 93.8 Å². The molecular formula is C13H19N5O3. The zero-order valence-electron chi connectivity index (χ0n) is 12.2. The van der Waals surface area contributed by atoms with Gasteiger partial charge >= 0.3 is 6.09 Å². The van der Waals surface area contributed by atoms with Crippen molar-refractivity contribution in [1.82, 2.24) is 14.9 Å². The van der Waals surface area contributed by atoms with Crippen molar-refractivity contribution < 1.29 is 14.3 Å². The average Bonchev–Trinajstić information content (AvgIpc) is 2.72. The number of likely N-dealkylation sites (N-methyl/N-ethyl adjacent to an activating group) is 1. The fraction of sp³-hybridized carbons (Fsp3) is 0.615. The lowest BCUT2D eigenvalue weighted by Crippen LogP contribution is -2.50. The monoisotopic (exact) mass is 293 g/mol. The zero-order chi connectivity index (χ0) is 15.0. The van der Waals surface area contributed by atoms with E-state index in [1.54, 1.807) is 18.0 Å². The lowest BCUT2D eigenvalue weighted by molar-refractivity contribution is 0.0445. The van der Waals surface area contributed by atoms with Crippen molar-refractivity contribution in [2.75, 3.05) is 44.4 Å². The van der Waals surface area contributed by atoms with Crippen LogP contribution in [0.3, 0.4) is 0 Å². The predicted molar refractivity (Wildman–Crippen MR) is 76.3 cm³/mol. The van der Waals surface area contributed by atoms with Gasteiger partial charge in [0.05, 0.1) is 20.2 Å². The first-order chi connectivity index (χ1) is 10.0. The Morgan fingerprint density at radius 2 is 2.24 bits per heavy atom. The molecule has 1 amide bonds. The van der Waals surface area contributed by atoms with E-state index < -0.39 is 5.60 Å². The van der Waals surface area contributed by atoms with Crippen LogP contribution in [-0.2, 0) is 4.74 Å². The molecule has 21 heavy (non-hydrogen) atoms. The van der Waals surface area contributed by atoms with Crippen LogP contribution in [0.15, 0.2) is 6.07 Å². The summed E-state index contributed by atoms with van der Waals surface area (Å²) in [4.78, 5) is 23.6. The Bertz CT molecular complexity index is 567. The van der Waals surface area contributed by atoms with Gasteiger partial charge in [0.15, 0.2) is 0 Å². The van der Waals surface area contributed by atoms with Crippen molar-refractivity contribution in [1.29, 1.82) is 0 Å². The van der Waals surface area contributed by atoms with Crippen LogP contribution in [0.2, 0.25) is 0 Å². The van der Waals surface area contributed by atoms with Gasteiger partial charge in [0.25, 0.3) is 0 Å². The van der Waals surface area contributed by atoms with Gasteiger partial charge in [-0.25, -0.2) is 4.79 Å². The first kappa shape index (κ1) is 13.7. The summed E-state index contributed by atoms with van der Waals surface area (Å²) in [6, 6.07) is 1.75. The number of piperidine rings is 1. The Balaban J connectivity index is 1.83. The highest BCUT2D eigenvalue weighted by Gasteiger charge is 2.46. The number of amides is 1. The Kier molecular flexibility index (Phi) is 3.23. The molecule has 1 aromatic rings. The smallest absolute Gasteiger partial charge is 0.410 e. The van der Waals surface area contributed by atoms with Gasteiger partial charge in [-0.2, -0.15) is 9.97 Å². The summed E-state index contributed by atoms with van der Waals surface area (Å²) < 4.78 is 10.7. The maximum atomic E-state index is 11.7. The molecular weight excluding hydrogens is 274 g/mol. The lowest BCUT2D eigenvalue weighted by atomic mass is 9.93. The molecule has 0 saturated carbocycles. The van der Waals surface area contributed by atoms with Crippen LogP contribution in [0.25, 0.3) is 0 Å². The number of carbonyl (C=O) groups excluding carboxylic acids is 1. The van der Waals surface area contributed by atoms with Gasteiger partial charge in [0, 0.05) is 19.7 Å². The molecule has 0 aliphatic carbocycles. The summed E-state index contributed by atoms with van der Waals surface area (Å²) in [5.41, 5.74) is 5.25. The first-order valence-electron chi connectivity index (χ1n) is 6.89. The van der Waals surface area contributed by atoms with Crippen molar-refractivity contribution in [2.45, 2.75) is 18.4 Å². The summed E-state index contributed by atoms with van der Waals surface area (Å²) >= 11 is 0. The molecule has 2 N–H and O–H groups in total. The van der Waals surface area contributed by atoms with Gasteiger partial charge in [-0.3, -0.25) is 0 Å². The van der Waals surface area contributed by atoms with Crippen molar-refractivity contribution in [2.24, 2.45) is 0 Å². The second-order valence-electron chi connectivity index (χ2n) is 5.56. The Morgan fingerprint density at radius 3 is 2.90 bits per heavy atom. The second kappa shape index (κ2) is 4.94. The van der Waals surface area contributed by atoms with E-state index in [1.807, 2.05) is 0 Å². The molecule has 0 bridgehead atoms. The third kappa shape index (κ3) is 2.53. The Morgan fingerprint density at radius 1 is 1.43 bits per heavy atom. The number of nitrogens with two attached hydrogens (primary N) is 1. The highest BCUT2D eigenvalue weighted by molar-refractivity contribution is 5.70. The summed E-state index contributed by atoms with van der Waals surface area (Å²) in [7, 11) is 3.29. The molecule has 2 aliphatic heterocycles. The number of anilines is 2. The standard InChI is InChI=1S/C13H19N5O3/c1-17-7-13(21-12(17)19)4-3-5-18(8-13)9-6-10(20-2)16-11(14)15-9/h6H,3-5,7-8H2,1-2H3,(H2,14,15,16)/t13-/m0/s1. The summed E-state index contributed by atoms with van der Waals surface area (Å²) in [5.74, 6) is 1.30. The van der Waals surface area contributed by atoms with E-state index in [4.69, 9.17) is 15.2 Å². The zero-order valence-corrected chi connectivity index (χ0v) is 12.2. The third-order valence-corrected chi connectivity index (χ3v) is 3.92. The number of rotatable bonds is 2. The van der Waals surface area contributed by atoms with Gasteiger partial charge in [0.2, 0.25) is 11.8 Å². The third-order valence-electron chi connectivity index (χ3n) is 3.92. The normalized spacial score (nSPS) is 25.3. The number of nitrogen functional groups attached to an aromatic ring is 1. The SMILES string of the molecule is COc1cc(N2CCC[C@]3(CN(C)C(=O)O3)C2)nc(N)n1. The molecule has 0 unspecified atom stereocenters.